The minimum atomic E-state index is -0.474. The summed E-state index contributed by atoms with van der Waals surface area (Å²) in [4.78, 5) is 40.9. The van der Waals surface area contributed by atoms with E-state index in [1.54, 1.807) is 49.2 Å². The number of nitrogens with zero attached hydrogens (tertiary/aromatic N) is 1. The number of carbonyl (C=O) groups is 3. The molecule has 1 heterocycles. The van der Waals surface area contributed by atoms with Crippen molar-refractivity contribution in [2.75, 3.05) is 19.0 Å². The minimum Gasteiger partial charge on any atom is -0.497 e. The lowest BCUT2D eigenvalue weighted by molar-refractivity contribution is -0.127. The van der Waals surface area contributed by atoms with E-state index in [9.17, 15) is 14.4 Å². The van der Waals surface area contributed by atoms with Gasteiger partial charge in [0.25, 0.3) is 11.1 Å². The van der Waals surface area contributed by atoms with Crippen molar-refractivity contribution in [2.24, 2.45) is 0 Å². The lowest BCUT2D eigenvalue weighted by Gasteiger charge is -2.12. The molecule has 6 nitrogen and oxygen atoms in total. The topological polar surface area (TPSA) is 75.7 Å². The third-order valence-electron chi connectivity index (χ3n) is 4.98. The van der Waals surface area contributed by atoms with Crippen LogP contribution in [0.2, 0.25) is 0 Å². The maximum Gasteiger partial charge on any atom is 0.294 e. The summed E-state index contributed by atoms with van der Waals surface area (Å²) in [5.41, 5.74) is 2.57. The Morgan fingerprint density at radius 3 is 2.21 bits per heavy atom. The van der Waals surface area contributed by atoms with Gasteiger partial charge in [-0.15, -0.1) is 0 Å². The maximum atomic E-state index is 12.7. The summed E-state index contributed by atoms with van der Waals surface area (Å²) in [5.74, 6) is -0.264. The minimum absolute atomic E-state index is 0.293. The van der Waals surface area contributed by atoms with Crippen molar-refractivity contribution in [1.29, 1.82) is 0 Å². The van der Waals surface area contributed by atoms with E-state index >= 15 is 0 Å². The van der Waals surface area contributed by atoms with Crippen LogP contribution < -0.4 is 10.1 Å². The number of methoxy groups -OCH3 is 1. The number of carbonyl (C=O) groups excluding carboxylic acids is 3. The van der Waals surface area contributed by atoms with Gasteiger partial charge in [0.1, 0.15) is 12.3 Å². The molecule has 3 aromatic rings. The number of ether oxygens (including phenoxy) is 1. The number of hydrogen-bond acceptors (Lipinski definition) is 6. The quantitative estimate of drug-likeness (QED) is 0.420. The van der Waals surface area contributed by atoms with Gasteiger partial charge in [0.05, 0.1) is 12.0 Å². The molecular formula is C26H22N2O4S2. The first-order chi connectivity index (χ1) is 16.4. The second kappa shape index (κ2) is 10.6. The standard InChI is InChI=1S/C26H22N2O4S2/c1-17-3-11-21(12-4-17)33-22-13-5-18(6-14-22)15-23-25(30)28(26(31)34-23)16-24(29)27-19-7-9-20(32-2)10-8-19/h3-15H,16H2,1-2H3,(H,27,29)/b23-15-. The molecule has 0 bridgehead atoms. The fourth-order valence-corrected chi connectivity index (χ4v) is 4.84. The Kier molecular flexibility index (Phi) is 7.40. The molecule has 0 radical (unpaired) electrons. The fraction of sp³-hybridized carbons (Fsp3) is 0.115. The van der Waals surface area contributed by atoms with E-state index in [1.807, 2.05) is 24.3 Å². The first-order valence-electron chi connectivity index (χ1n) is 10.4. The van der Waals surface area contributed by atoms with Crippen LogP contribution in [0.15, 0.2) is 87.5 Å². The number of nitrogens with one attached hydrogen (secondary N) is 1. The van der Waals surface area contributed by atoms with Crippen LogP contribution in [-0.4, -0.2) is 35.6 Å². The van der Waals surface area contributed by atoms with Crippen LogP contribution in [0.3, 0.4) is 0 Å². The molecule has 0 saturated carbocycles. The molecule has 8 heteroatoms. The Morgan fingerprint density at radius 1 is 0.971 bits per heavy atom. The molecule has 0 unspecified atom stereocenters. The van der Waals surface area contributed by atoms with E-state index in [-0.39, 0.29) is 6.54 Å². The molecule has 1 aliphatic heterocycles. The van der Waals surface area contributed by atoms with Crippen LogP contribution >= 0.6 is 23.5 Å². The number of thioether (sulfide) groups is 1. The van der Waals surface area contributed by atoms with Crippen LogP contribution in [0.5, 0.6) is 5.75 Å². The number of rotatable bonds is 7. The first kappa shape index (κ1) is 23.7. The third-order valence-corrected chi connectivity index (χ3v) is 6.91. The number of anilines is 1. The molecule has 1 fully saturated rings. The lowest BCUT2D eigenvalue weighted by atomic mass is 10.2. The molecule has 1 saturated heterocycles. The zero-order valence-corrected chi connectivity index (χ0v) is 20.2. The molecule has 1 aliphatic rings. The molecular weight excluding hydrogens is 468 g/mol. The molecule has 0 atom stereocenters. The zero-order chi connectivity index (χ0) is 24.1. The molecule has 3 aromatic carbocycles. The van der Waals surface area contributed by atoms with Crippen molar-refractivity contribution in [1.82, 2.24) is 4.90 Å². The van der Waals surface area contributed by atoms with Crippen molar-refractivity contribution in [2.45, 2.75) is 16.7 Å². The Balaban J connectivity index is 1.37. The Morgan fingerprint density at radius 2 is 1.59 bits per heavy atom. The summed E-state index contributed by atoms with van der Waals surface area (Å²) in [6.45, 7) is 1.71. The second-order valence-corrected chi connectivity index (χ2v) is 9.67. The Labute approximate surface area is 206 Å². The normalized spacial score (nSPS) is 14.5. The van der Waals surface area contributed by atoms with Crippen LogP contribution in [0.1, 0.15) is 11.1 Å². The fourth-order valence-electron chi connectivity index (χ4n) is 3.18. The van der Waals surface area contributed by atoms with Crippen LogP contribution in [-0.2, 0) is 9.59 Å². The SMILES string of the molecule is COc1ccc(NC(=O)CN2C(=O)S/C(=C\c3ccc(Sc4ccc(C)cc4)cc3)C2=O)cc1. The predicted octanol–water partition coefficient (Wildman–Crippen LogP) is 5.83. The summed E-state index contributed by atoms with van der Waals surface area (Å²) < 4.78 is 5.09. The van der Waals surface area contributed by atoms with Gasteiger partial charge in [-0.3, -0.25) is 19.3 Å². The van der Waals surface area contributed by atoms with Gasteiger partial charge < -0.3 is 10.1 Å². The second-order valence-electron chi connectivity index (χ2n) is 7.53. The van der Waals surface area contributed by atoms with Crippen molar-refractivity contribution >= 4 is 52.3 Å². The lowest BCUT2D eigenvalue weighted by Crippen LogP contribution is -2.36. The predicted molar refractivity (Wildman–Crippen MR) is 136 cm³/mol. The number of imide groups is 1. The number of amides is 3. The van der Waals surface area contributed by atoms with Gasteiger partial charge in [-0.1, -0.05) is 41.6 Å². The van der Waals surface area contributed by atoms with E-state index in [1.165, 1.54) is 5.56 Å². The number of benzene rings is 3. The molecule has 4 rings (SSSR count). The van der Waals surface area contributed by atoms with E-state index in [2.05, 4.69) is 36.5 Å². The molecule has 3 amide bonds. The van der Waals surface area contributed by atoms with Crippen molar-refractivity contribution in [3.05, 3.63) is 88.8 Å². The molecule has 34 heavy (non-hydrogen) atoms. The summed E-state index contributed by atoms with van der Waals surface area (Å²) >= 11 is 2.49. The highest BCUT2D eigenvalue weighted by Crippen LogP contribution is 2.33. The van der Waals surface area contributed by atoms with E-state index in [4.69, 9.17) is 4.74 Å². The first-order valence-corrected chi connectivity index (χ1v) is 12.1. The van der Waals surface area contributed by atoms with E-state index in [0.29, 0.717) is 16.3 Å². The summed E-state index contributed by atoms with van der Waals surface area (Å²) in [7, 11) is 1.56. The van der Waals surface area contributed by atoms with Crippen molar-refractivity contribution in [3.63, 3.8) is 0 Å². The molecule has 172 valence electrons. The monoisotopic (exact) mass is 490 g/mol. The van der Waals surface area contributed by atoms with Crippen LogP contribution in [0.4, 0.5) is 10.5 Å². The Hall–Kier alpha value is -3.49. The highest BCUT2D eigenvalue weighted by atomic mass is 32.2. The van der Waals surface area contributed by atoms with Gasteiger partial charge in [-0.05, 0) is 78.9 Å². The smallest absolute Gasteiger partial charge is 0.294 e. The zero-order valence-electron chi connectivity index (χ0n) is 18.6. The van der Waals surface area contributed by atoms with Gasteiger partial charge in [0.2, 0.25) is 5.91 Å². The van der Waals surface area contributed by atoms with Gasteiger partial charge in [0, 0.05) is 15.5 Å². The van der Waals surface area contributed by atoms with Gasteiger partial charge in [0.15, 0.2) is 0 Å². The third kappa shape index (κ3) is 5.89. The number of aryl methyl sites for hydroxylation is 1. The average Bonchev–Trinajstić information content (AvgIpc) is 3.09. The molecule has 0 spiro atoms. The van der Waals surface area contributed by atoms with Crippen molar-refractivity contribution in [3.8, 4) is 5.75 Å². The summed E-state index contributed by atoms with van der Waals surface area (Å²) in [5, 5.41) is 2.22. The average molecular weight is 491 g/mol. The molecule has 1 N–H and O–H groups in total. The maximum absolute atomic E-state index is 12.7. The van der Waals surface area contributed by atoms with Gasteiger partial charge >= 0.3 is 0 Å². The molecule has 0 aliphatic carbocycles. The highest BCUT2D eigenvalue weighted by molar-refractivity contribution is 8.18. The van der Waals surface area contributed by atoms with Gasteiger partial charge in [-0.25, -0.2) is 0 Å². The van der Waals surface area contributed by atoms with Crippen LogP contribution in [0, 0.1) is 6.92 Å². The molecule has 0 aromatic heterocycles. The van der Waals surface area contributed by atoms with Crippen LogP contribution in [0.25, 0.3) is 6.08 Å². The number of hydrogen-bond donors (Lipinski definition) is 1. The van der Waals surface area contributed by atoms with E-state index < -0.39 is 17.1 Å². The Bertz CT molecular complexity index is 1240. The largest absolute Gasteiger partial charge is 0.497 e. The van der Waals surface area contributed by atoms with E-state index in [0.717, 1.165) is 32.0 Å². The van der Waals surface area contributed by atoms with Gasteiger partial charge in [-0.2, -0.15) is 0 Å². The summed E-state index contributed by atoms with van der Waals surface area (Å²) in [6.07, 6.45) is 1.67. The summed E-state index contributed by atoms with van der Waals surface area (Å²) in [6, 6.07) is 22.9. The van der Waals surface area contributed by atoms with Crippen molar-refractivity contribution < 1.29 is 19.1 Å². The highest BCUT2D eigenvalue weighted by Gasteiger charge is 2.36.